The summed E-state index contributed by atoms with van der Waals surface area (Å²) in [5.41, 5.74) is 0.568. The second kappa shape index (κ2) is 2.51. The zero-order valence-corrected chi connectivity index (χ0v) is 6.80. The average molecular weight is 178 g/mol. The van der Waals surface area contributed by atoms with Crippen LogP contribution in [0.15, 0.2) is 12.4 Å². The van der Waals surface area contributed by atoms with E-state index >= 15 is 0 Å². The van der Waals surface area contributed by atoms with E-state index in [0.29, 0.717) is 11.5 Å². The maximum Gasteiger partial charge on any atom is 0.354 e. The fourth-order valence-corrected chi connectivity index (χ4v) is 1.18. The van der Waals surface area contributed by atoms with Gasteiger partial charge in [0.1, 0.15) is 0 Å². The zero-order chi connectivity index (χ0) is 9.42. The molecule has 0 aliphatic heterocycles. The Kier molecular flexibility index (Phi) is 1.48. The predicted molar refractivity (Wildman–Crippen MR) is 42.5 cm³/mol. The Balaban J connectivity index is 2.86. The van der Waals surface area contributed by atoms with Crippen LogP contribution in [0.2, 0.25) is 0 Å². The summed E-state index contributed by atoms with van der Waals surface area (Å²) in [6.45, 7) is 1.62. The quantitative estimate of drug-likeness (QED) is 0.671. The maximum absolute atomic E-state index is 10.8. The van der Waals surface area contributed by atoms with Crippen LogP contribution in [0.4, 0.5) is 0 Å². The van der Waals surface area contributed by atoms with Crippen molar-refractivity contribution in [2.45, 2.75) is 6.92 Å². The topological polar surface area (TPSA) is 80.4 Å². The van der Waals surface area contributed by atoms with Gasteiger partial charge in [-0.25, -0.2) is 9.78 Å². The molecule has 0 unspecified atom stereocenters. The molecule has 0 amide bonds. The van der Waals surface area contributed by atoms with E-state index in [9.17, 15) is 4.79 Å². The van der Waals surface area contributed by atoms with Crippen molar-refractivity contribution in [2.75, 3.05) is 0 Å². The number of nitrogens with zero attached hydrogens (tertiary/aromatic N) is 4. The molecule has 2 aromatic rings. The minimum Gasteiger partial charge on any atom is -0.477 e. The SMILES string of the molecule is Cc1nc2nnccn2c1C(=O)O. The minimum atomic E-state index is -1.02. The smallest absolute Gasteiger partial charge is 0.354 e. The number of imidazole rings is 1. The lowest BCUT2D eigenvalue weighted by atomic mass is 10.3. The van der Waals surface area contributed by atoms with Gasteiger partial charge in [0, 0.05) is 6.20 Å². The monoisotopic (exact) mass is 178 g/mol. The van der Waals surface area contributed by atoms with E-state index in [1.165, 1.54) is 16.8 Å². The van der Waals surface area contributed by atoms with Gasteiger partial charge in [-0.3, -0.25) is 4.40 Å². The number of carboxylic acid groups (broad SMARTS) is 1. The molecule has 0 bridgehead atoms. The van der Waals surface area contributed by atoms with Crippen LogP contribution in [-0.4, -0.2) is 30.7 Å². The third-order valence-corrected chi connectivity index (χ3v) is 1.70. The van der Waals surface area contributed by atoms with E-state index in [1.807, 2.05) is 0 Å². The summed E-state index contributed by atoms with van der Waals surface area (Å²) in [4.78, 5) is 14.7. The number of hydrogen-bond donors (Lipinski definition) is 1. The van der Waals surface area contributed by atoms with Crippen LogP contribution < -0.4 is 0 Å². The highest BCUT2D eigenvalue weighted by Crippen LogP contribution is 2.08. The normalized spacial score (nSPS) is 10.5. The molecule has 2 rings (SSSR count). The first kappa shape index (κ1) is 7.66. The summed E-state index contributed by atoms with van der Waals surface area (Å²) in [5.74, 6) is -0.713. The number of hydrogen-bond acceptors (Lipinski definition) is 4. The van der Waals surface area contributed by atoms with E-state index in [2.05, 4.69) is 15.2 Å². The molecule has 2 heterocycles. The number of rotatable bonds is 1. The molecular formula is C7H6N4O2. The molecule has 0 aromatic carbocycles. The van der Waals surface area contributed by atoms with Crippen molar-refractivity contribution >= 4 is 11.7 Å². The van der Waals surface area contributed by atoms with Gasteiger partial charge in [-0.2, -0.15) is 5.10 Å². The molecular weight excluding hydrogens is 172 g/mol. The minimum absolute atomic E-state index is 0.130. The molecule has 6 heteroatoms. The lowest BCUT2D eigenvalue weighted by molar-refractivity contribution is 0.0688. The number of aromatic carboxylic acids is 1. The second-order valence-corrected chi connectivity index (χ2v) is 2.53. The highest BCUT2D eigenvalue weighted by Gasteiger charge is 2.15. The van der Waals surface area contributed by atoms with E-state index in [1.54, 1.807) is 6.92 Å². The van der Waals surface area contributed by atoms with Crippen molar-refractivity contribution < 1.29 is 9.90 Å². The molecule has 0 saturated heterocycles. The molecule has 0 spiro atoms. The first-order valence-electron chi connectivity index (χ1n) is 3.60. The summed E-state index contributed by atoms with van der Waals surface area (Å²) >= 11 is 0. The molecule has 13 heavy (non-hydrogen) atoms. The van der Waals surface area contributed by atoms with Crippen LogP contribution in [0.1, 0.15) is 16.2 Å². The molecule has 0 radical (unpaired) electrons. The first-order chi connectivity index (χ1) is 6.20. The van der Waals surface area contributed by atoms with Gasteiger partial charge in [0.05, 0.1) is 11.9 Å². The van der Waals surface area contributed by atoms with Gasteiger partial charge in [-0.1, -0.05) is 0 Å². The molecule has 1 N–H and O–H groups in total. The maximum atomic E-state index is 10.8. The molecule has 0 aliphatic carbocycles. The summed E-state index contributed by atoms with van der Waals surface area (Å²) in [6, 6.07) is 0. The highest BCUT2D eigenvalue weighted by atomic mass is 16.4. The number of aromatic nitrogens is 4. The predicted octanol–water partition coefficient (Wildman–Crippen LogP) is 0.131. The van der Waals surface area contributed by atoms with Crippen molar-refractivity contribution in [3.63, 3.8) is 0 Å². The van der Waals surface area contributed by atoms with Gasteiger partial charge in [0.2, 0.25) is 0 Å². The first-order valence-corrected chi connectivity index (χ1v) is 3.60. The largest absolute Gasteiger partial charge is 0.477 e. The number of carboxylic acids is 1. The standard InChI is InChI=1S/C7H6N4O2/c1-4-5(6(12)13)11-3-2-8-10-7(11)9-4/h2-3H,1H3,(H,12,13). The van der Waals surface area contributed by atoms with Crippen molar-refractivity contribution in [3.8, 4) is 0 Å². The molecule has 6 nitrogen and oxygen atoms in total. The lowest BCUT2D eigenvalue weighted by Gasteiger charge is -1.93. The Hall–Kier alpha value is -1.98. The second-order valence-electron chi connectivity index (χ2n) is 2.53. The van der Waals surface area contributed by atoms with E-state index < -0.39 is 5.97 Å². The van der Waals surface area contributed by atoms with E-state index in [4.69, 9.17) is 5.11 Å². The molecule has 66 valence electrons. The Morgan fingerprint density at radius 1 is 1.62 bits per heavy atom. The molecule has 0 atom stereocenters. The molecule has 0 fully saturated rings. The summed E-state index contributed by atoms with van der Waals surface area (Å²) in [6.07, 6.45) is 2.94. The van der Waals surface area contributed by atoms with Crippen LogP contribution in [0, 0.1) is 6.92 Å². The van der Waals surface area contributed by atoms with Crippen molar-refractivity contribution in [3.05, 3.63) is 23.8 Å². The summed E-state index contributed by atoms with van der Waals surface area (Å²) < 4.78 is 1.39. The van der Waals surface area contributed by atoms with Crippen LogP contribution in [0.5, 0.6) is 0 Å². The number of carbonyl (C=O) groups is 1. The summed E-state index contributed by atoms with van der Waals surface area (Å²) in [5, 5.41) is 16.1. The Labute approximate surface area is 72.9 Å². The Morgan fingerprint density at radius 2 is 2.38 bits per heavy atom. The van der Waals surface area contributed by atoms with Gasteiger partial charge >= 0.3 is 5.97 Å². The van der Waals surface area contributed by atoms with Crippen molar-refractivity contribution in [1.82, 2.24) is 19.6 Å². The van der Waals surface area contributed by atoms with Gasteiger partial charge in [0.15, 0.2) is 5.69 Å². The number of aryl methyl sites for hydroxylation is 1. The highest BCUT2D eigenvalue weighted by molar-refractivity contribution is 5.87. The van der Waals surface area contributed by atoms with E-state index in [-0.39, 0.29) is 5.69 Å². The molecule has 0 saturated carbocycles. The van der Waals surface area contributed by atoms with Crippen molar-refractivity contribution in [1.29, 1.82) is 0 Å². The van der Waals surface area contributed by atoms with Gasteiger partial charge in [-0.15, -0.1) is 5.10 Å². The van der Waals surface area contributed by atoms with Gasteiger partial charge < -0.3 is 5.11 Å². The van der Waals surface area contributed by atoms with Crippen molar-refractivity contribution in [2.24, 2.45) is 0 Å². The van der Waals surface area contributed by atoms with E-state index in [0.717, 1.165) is 0 Å². The third kappa shape index (κ3) is 1.03. The molecule has 2 aromatic heterocycles. The third-order valence-electron chi connectivity index (χ3n) is 1.70. The van der Waals surface area contributed by atoms with Crippen LogP contribution in [0.25, 0.3) is 5.78 Å². The fourth-order valence-electron chi connectivity index (χ4n) is 1.18. The van der Waals surface area contributed by atoms with Gasteiger partial charge in [0.25, 0.3) is 5.78 Å². The summed E-state index contributed by atoms with van der Waals surface area (Å²) in [7, 11) is 0. The zero-order valence-electron chi connectivity index (χ0n) is 6.80. The van der Waals surface area contributed by atoms with Gasteiger partial charge in [-0.05, 0) is 6.92 Å². The van der Waals surface area contributed by atoms with Crippen LogP contribution >= 0.6 is 0 Å². The average Bonchev–Trinajstić information content (AvgIpc) is 2.39. The number of fused-ring (bicyclic) bond motifs is 1. The van der Waals surface area contributed by atoms with Crippen LogP contribution in [0.3, 0.4) is 0 Å². The Morgan fingerprint density at radius 3 is 3.08 bits per heavy atom. The Bertz CT molecular complexity index is 476. The lowest BCUT2D eigenvalue weighted by Crippen LogP contribution is -2.03. The fraction of sp³-hybridized carbons (Fsp3) is 0.143. The molecule has 0 aliphatic rings. The van der Waals surface area contributed by atoms with Crippen LogP contribution in [-0.2, 0) is 0 Å².